The molecular formula is C27H31N5O3S2. The number of thioether (sulfide) groups is 1. The Bertz CT molecular complexity index is 1590. The number of allylic oxidation sites excluding steroid dienone is 4. The average molecular weight is 538 g/mol. The molecule has 1 unspecified atom stereocenters. The van der Waals surface area contributed by atoms with Crippen molar-refractivity contribution in [2.45, 2.75) is 64.1 Å². The maximum Gasteiger partial charge on any atom is 0.256 e. The van der Waals surface area contributed by atoms with E-state index in [0.29, 0.717) is 15.7 Å². The van der Waals surface area contributed by atoms with Gasteiger partial charge in [0.15, 0.2) is 20.8 Å². The number of carbonyl (C=O) groups is 1. The molecule has 5 rings (SSSR count). The quantitative estimate of drug-likeness (QED) is 0.359. The molecule has 0 spiro atoms. The Morgan fingerprint density at radius 1 is 1.08 bits per heavy atom. The summed E-state index contributed by atoms with van der Waals surface area (Å²) in [6.45, 7) is 6.16. The van der Waals surface area contributed by atoms with E-state index in [1.807, 2.05) is 11.3 Å². The van der Waals surface area contributed by atoms with E-state index >= 15 is 0 Å². The molecule has 0 bridgehead atoms. The van der Waals surface area contributed by atoms with Gasteiger partial charge in [-0.25, -0.2) is 13.9 Å². The lowest BCUT2D eigenvalue weighted by molar-refractivity contribution is -0.115. The van der Waals surface area contributed by atoms with E-state index in [1.54, 1.807) is 24.3 Å². The van der Waals surface area contributed by atoms with E-state index < -0.39 is 9.99 Å². The van der Waals surface area contributed by atoms with Crippen molar-refractivity contribution in [3.63, 3.8) is 0 Å². The molecule has 1 saturated carbocycles. The molecule has 2 aromatic heterocycles. The predicted molar refractivity (Wildman–Crippen MR) is 152 cm³/mol. The number of aryl methyl sites for hydroxylation is 3. The topological polar surface area (TPSA) is 109 Å². The minimum atomic E-state index is -3.34. The number of aliphatic imine (C=N–C) groups is 1. The standard InChI is InChI=1S/C27H31N5O3S2/c1-17-13-18(2)23-15-19(3)26-29-30-27(32(26)24(23)14-17)36-16-25(33)28-20-9-11-22(12-10-20)37(34,35)31-21-7-5-4-6-8-21/h9-15,21H,4-8,16H2,1-3H3,(H2,31,34,35). The SMILES string of the molecule is Cc1cc(C)c2cc(C)c3nnc(SCC(=O)N=C4C=CC(=S(=O)(O)NC5CCCCC5)C=C4)n3c2c1. The van der Waals surface area contributed by atoms with Crippen molar-refractivity contribution in [1.29, 1.82) is 0 Å². The van der Waals surface area contributed by atoms with Crippen molar-refractivity contribution < 1.29 is 13.6 Å². The van der Waals surface area contributed by atoms with Crippen LogP contribution in [0.25, 0.3) is 16.6 Å². The number of amides is 1. The Kier molecular flexibility index (Phi) is 7.35. The summed E-state index contributed by atoms with van der Waals surface area (Å²) >= 11 is 1.30. The summed E-state index contributed by atoms with van der Waals surface area (Å²) in [7, 11) is -3.34. The zero-order chi connectivity index (χ0) is 26.2. The summed E-state index contributed by atoms with van der Waals surface area (Å²) in [6.07, 6.45) is 11.5. The van der Waals surface area contributed by atoms with Crippen LogP contribution in [0.15, 0.2) is 52.7 Å². The number of hydrogen-bond donors (Lipinski definition) is 2. The third kappa shape index (κ3) is 5.57. The first-order valence-electron chi connectivity index (χ1n) is 12.5. The van der Waals surface area contributed by atoms with Gasteiger partial charge in [0.25, 0.3) is 5.91 Å². The molecule has 1 atom stereocenters. The second-order valence-corrected chi connectivity index (χ2v) is 12.5. The number of aromatic nitrogens is 3. The molecule has 8 nitrogen and oxygen atoms in total. The molecule has 2 heterocycles. The van der Waals surface area contributed by atoms with Crippen LogP contribution >= 0.6 is 11.8 Å². The minimum Gasteiger partial charge on any atom is -0.302 e. The fourth-order valence-corrected chi connectivity index (χ4v) is 7.03. The van der Waals surface area contributed by atoms with Crippen LogP contribution in [0.1, 0.15) is 48.8 Å². The Morgan fingerprint density at radius 2 is 1.81 bits per heavy atom. The molecule has 0 saturated heterocycles. The molecule has 0 radical (unpaired) electrons. The van der Waals surface area contributed by atoms with Gasteiger partial charge in [0, 0.05) is 11.4 Å². The highest BCUT2D eigenvalue weighted by molar-refractivity contribution is 7.99. The third-order valence-corrected chi connectivity index (χ3v) is 9.24. The smallest absolute Gasteiger partial charge is 0.256 e. The van der Waals surface area contributed by atoms with E-state index in [-0.39, 0.29) is 17.7 Å². The largest absolute Gasteiger partial charge is 0.302 e. The Morgan fingerprint density at radius 3 is 2.54 bits per heavy atom. The van der Waals surface area contributed by atoms with E-state index in [1.165, 1.54) is 23.7 Å². The monoisotopic (exact) mass is 537 g/mol. The first-order chi connectivity index (χ1) is 17.7. The molecule has 2 N–H and O–H groups in total. The lowest BCUT2D eigenvalue weighted by Gasteiger charge is -2.24. The third-order valence-electron chi connectivity index (χ3n) is 6.76. The van der Waals surface area contributed by atoms with Crippen molar-refractivity contribution in [3.05, 3.63) is 59.2 Å². The van der Waals surface area contributed by atoms with Gasteiger partial charge in [0.2, 0.25) is 0 Å². The first kappa shape index (κ1) is 25.8. The molecule has 37 heavy (non-hydrogen) atoms. The maximum absolute atomic E-state index is 12.8. The summed E-state index contributed by atoms with van der Waals surface area (Å²) in [5, 5.41) is 10.5. The van der Waals surface area contributed by atoms with Gasteiger partial charge in [-0.2, -0.15) is 0 Å². The number of fused-ring (bicyclic) bond motifs is 3. The molecular weight excluding hydrogens is 506 g/mol. The zero-order valence-corrected chi connectivity index (χ0v) is 22.9. The highest BCUT2D eigenvalue weighted by Gasteiger charge is 2.19. The van der Waals surface area contributed by atoms with Crippen LogP contribution in [0.5, 0.6) is 0 Å². The molecule has 3 aromatic rings. The number of nitrogens with one attached hydrogen (secondary N) is 1. The van der Waals surface area contributed by atoms with Gasteiger partial charge in [-0.05, 0) is 86.7 Å². The van der Waals surface area contributed by atoms with Gasteiger partial charge >= 0.3 is 0 Å². The van der Waals surface area contributed by atoms with Crippen LogP contribution < -0.4 is 4.72 Å². The molecule has 0 aliphatic heterocycles. The number of benzene rings is 1. The zero-order valence-electron chi connectivity index (χ0n) is 21.2. The molecule has 1 fully saturated rings. The summed E-state index contributed by atoms with van der Waals surface area (Å²) in [4.78, 5) is 17.1. The van der Waals surface area contributed by atoms with Gasteiger partial charge in [-0.15, -0.1) is 10.2 Å². The normalized spacial score (nSPS) is 18.1. The van der Waals surface area contributed by atoms with E-state index in [9.17, 15) is 13.6 Å². The van der Waals surface area contributed by atoms with Crippen LogP contribution in [0.3, 0.4) is 0 Å². The van der Waals surface area contributed by atoms with Gasteiger partial charge in [0.1, 0.15) is 0 Å². The van der Waals surface area contributed by atoms with Gasteiger partial charge < -0.3 is 4.55 Å². The Hall–Kier alpha value is -2.79. The van der Waals surface area contributed by atoms with E-state index in [4.69, 9.17) is 0 Å². The van der Waals surface area contributed by atoms with E-state index in [2.05, 4.69) is 52.0 Å². The fourth-order valence-electron chi connectivity index (χ4n) is 4.97. The summed E-state index contributed by atoms with van der Waals surface area (Å²) in [5.74, 6) is -0.216. The van der Waals surface area contributed by atoms with Gasteiger partial charge in [0.05, 0.1) is 21.8 Å². The highest BCUT2D eigenvalue weighted by Crippen LogP contribution is 2.28. The average Bonchev–Trinajstić information content (AvgIpc) is 3.29. The van der Waals surface area contributed by atoms with Crippen molar-refractivity contribution in [2.24, 2.45) is 4.99 Å². The molecule has 2 aliphatic rings. The first-order valence-corrected chi connectivity index (χ1v) is 15.0. The van der Waals surface area contributed by atoms with E-state index in [0.717, 1.165) is 53.4 Å². The maximum atomic E-state index is 12.8. The summed E-state index contributed by atoms with van der Waals surface area (Å²) in [5.41, 5.74) is 5.58. The van der Waals surface area contributed by atoms with Crippen LogP contribution in [0, 0.1) is 20.8 Å². The number of pyridine rings is 1. The summed E-state index contributed by atoms with van der Waals surface area (Å²) < 4.78 is 28.3. The summed E-state index contributed by atoms with van der Waals surface area (Å²) in [6, 6.07) is 6.44. The number of carbonyl (C=O) groups excluding carboxylic acids is 1. The minimum absolute atomic E-state index is 0.0520. The molecule has 2 aliphatic carbocycles. The molecule has 1 aromatic carbocycles. The molecule has 1 amide bonds. The van der Waals surface area contributed by atoms with Crippen LogP contribution in [-0.4, -0.2) is 51.6 Å². The second kappa shape index (κ2) is 10.5. The predicted octanol–water partition coefficient (Wildman–Crippen LogP) is 4.76. The van der Waals surface area contributed by atoms with Crippen molar-refractivity contribution >= 4 is 54.8 Å². The molecule has 194 valence electrons. The fraction of sp³-hybridized carbons (Fsp3) is 0.370. The molecule has 10 heteroatoms. The number of hydrogen-bond acceptors (Lipinski definition) is 5. The highest BCUT2D eigenvalue weighted by atomic mass is 32.2. The lowest BCUT2D eigenvalue weighted by Crippen LogP contribution is -2.38. The number of nitrogens with zero attached hydrogens (tertiary/aromatic N) is 4. The van der Waals surface area contributed by atoms with Crippen LogP contribution in [0.4, 0.5) is 0 Å². The van der Waals surface area contributed by atoms with Crippen molar-refractivity contribution in [2.75, 3.05) is 5.75 Å². The van der Waals surface area contributed by atoms with Crippen molar-refractivity contribution in [3.8, 4) is 0 Å². The van der Waals surface area contributed by atoms with Crippen molar-refractivity contribution in [1.82, 2.24) is 19.3 Å². The lowest BCUT2D eigenvalue weighted by atomic mass is 9.96. The number of rotatable bonds is 5. The van der Waals surface area contributed by atoms with Crippen LogP contribution in [0.2, 0.25) is 0 Å². The Labute approximate surface area is 221 Å². The Balaban J connectivity index is 1.31. The van der Waals surface area contributed by atoms with Gasteiger partial charge in [-0.3, -0.25) is 9.20 Å². The second-order valence-electron chi connectivity index (χ2n) is 9.75. The van der Waals surface area contributed by atoms with Gasteiger partial charge in [-0.1, -0.05) is 37.1 Å². The van der Waals surface area contributed by atoms with Crippen LogP contribution in [-0.2, 0) is 14.8 Å².